The van der Waals surface area contributed by atoms with Gasteiger partial charge in [-0.1, -0.05) is 55.6 Å². The summed E-state index contributed by atoms with van der Waals surface area (Å²) in [5, 5.41) is 0. The maximum Gasteiger partial charge on any atom is 0.330 e. The summed E-state index contributed by atoms with van der Waals surface area (Å²) in [6.07, 6.45) is 7.49. The Balaban J connectivity index is 1.36. The third kappa shape index (κ3) is 11.8. The summed E-state index contributed by atoms with van der Waals surface area (Å²) in [7, 11) is 0. The minimum Gasteiger partial charge on any atom is -0.493 e. The maximum atomic E-state index is 11.0. The summed E-state index contributed by atoms with van der Waals surface area (Å²) in [6, 6.07) is 23.2. The van der Waals surface area contributed by atoms with Crippen LogP contribution in [0.4, 0.5) is 0 Å². The molecular weight excluding hydrogens is 516 g/mol. The average molecular weight is 557 g/mol. The molecular formula is C35H40O6. The van der Waals surface area contributed by atoms with Crippen LogP contribution in [-0.4, -0.2) is 38.4 Å². The van der Waals surface area contributed by atoms with Gasteiger partial charge in [-0.2, -0.15) is 0 Å². The van der Waals surface area contributed by atoms with E-state index >= 15 is 0 Å². The normalized spacial score (nSPS) is 10.5. The Kier molecular flexibility index (Phi) is 13.2. The molecule has 0 aliphatic rings. The van der Waals surface area contributed by atoms with E-state index in [4.69, 9.17) is 18.9 Å². The van der Waals surface area contributed by atoms with E-state index in [0.29, 0.717) is 39.3 Å². The number of hydrogen-bond donors (Lipinski definition) is 0. The molecule has 3 rings (SSSR count). The molecule has 0 fully saturated rings. The lowest BCUT2D eigenvalue weighted by Crippen LogP contribution is -2.06. The number of aryl methyl sites for hydroxylation is 5. The van der Waals surface area contributed by atoms with Crippen molar-refractivity contribution in [2.24, 2.45) is 0 Å². The molecule has 0 N–H and O–H groups in total. The van der Waals surface area contributed by atoms with Crippen molar-refractivity contribution in [2.75, 3.05) is 26.4 Å². The molecule has 0 atom stereocenters. The van der Waals surface area contributed by atoms with Gasteiger partial charge in [0, 0.05) is 25.0 Å². The van der Waals surface area contributed by atoms with Crippen LogP contribution in [0.25, 0.3) is 0 Å². The lowest BCUT2D eigenvalue weighted by molar-refractivity contribution is -0.138. The highest BCUT2D eigenvalue weighted by molar-refractivity contribution is 5.81. The van der Waals surface area contributed by atoms with Crippen molar-refractivity contribution in [3.05, 3.63) is 120 Å². The van der Waals surface area contributed by atoms with Gasteiger partial charge in [0.2, 0.25) is 0 Å². The van der Waals surface area contributed by atoms with Gasteiger partial charge in [0.05, 0.1) is 26.4 Å². The van der Waals surface area contributed by atoms with E-state index in [9.17, 15) is 9.59 Å². The van der Waals surface area contributed by atoms with Gasteiger partial charge in [0.1, 0.15) is 11.5 Å². The molecule has 3 aromatic rings. The molecule has 0 aromatic heterocycles. The van der Waals surface area contributed by atoms with Crippen molar-refractivity contribution < 1.29 is 28.5 Å². The SMILES string of the molecule is C=CC(=O)OCCCOc1ccc(CCc2ccc(CCc3ccc(OCCCOC(=O)C=C)cc3)c(C)c2)cc1. The monoisotopic (exact) mass is 556 g/mol. The molecule has 3 aromatic carbocycles. The van der Waals surface area contributed by atoms with Crippen LogP contribution in [0, 0.1) is 6.92 Å². The van der Waals surface area contributed by atoms with E-state index in [0.717, 1.165) is 49.3 Å². The molecule has 216 valence electrons. The third-order valence-corrected chi connectivity index (χ3v) is 6.58. The predicted molar refractivity (Wildman–Crippen MR) is 161 cm³/mol. The van der Waals surface area contributed by atoms with Gasteiger partial charge in [-0.25, -0.2) is 9.59 Å². The minimum absolute atomic E-state index is 0.323. The molecule has 0 amide bonds. The van der Waals surface area contributed by atoms with Crippen LogP contribution < -0.4 is 9.47 Å². The van der Waals surface area contributed by atoms with Crippen molar-refractivity contribution in [1.29, 1.82) is 0 Å². The average Bonchev–Trinajstić information content (AvgIpc) is 3.00. The predicted octanol–water partition coefficient (Wildman–Crippen LogP) is 6.56. The second kappa shape index (κ2) is 17.4. The van der Waals surface area contributed by atoms with E-state index in [1.165, 1.54) is 27.8 Å². The highest BCUT2D eigenvalue weighted by Crippen LogP contribution is 2.19. The van der Waals surface area contributed by atoms with Gasteiger partial charge in [-0.05, 0) is 84.7 Å². The van der Waals surface area contributed by atoms with Gasteiger partial charge in [0.25, 0.3) is 0 Å². The van der Waals surface area contributed by atoms with Crippen molar-refractivity contribution >= 4 is 11.9 Å². The van der Waals surface area contributed by atoms with Crippen LogP contribution in [0.1, 0.15) is 40.7 Å². The molecule has 6 nitrogen and oxygen atoms in total. The zero-order valence-electron chi connectivity index (χ0n) is 23.9. The van der Waals surface area contributed by atoms with Crippen LogP contribution >= 0.6 is 0 Å². The van der Waals surface area contributed by atoms with Crippen molar-refractivity contribution in [3.8, 4) is 11.5 Å². The molecule has 6 heteroatoms. The summed E-state index contributed by atoms with van der Waals surface area (Å²) in [5.74, 6) is 0.811. The van der Waals surface area contributed by atoms with Crippen LogP contribution in [0.3, 0.4) is 0 Å². The number of benzene rings is 3. The molecule has 0 saturated carbocycles. The highest BCUT2D eigenvalue weighted by atomic mass is 16.5. The molecule has 0 aliphatic carbocycles. The van der Waals surface area contributed by atoms with Crippen molar-refractivity contribution in [2.45, 2.75) is 45.4 Å². The van der Waals surface area contributed by atoms with E-state index in [-0.39, 0.29) is 0 Å². The lowest BCUT2D eigenvalue weighted by Gasteiger charge is -2.11. The Morgan fingerprint density at radius 2 is 1.05 bits per heavy atom. The van der Waals surface area contributed by atoms with Gasteiger partial charge < -0.3 is 18.9 Å². The number of ether oxygens (including phenoxy) is 4. The summed E-state index contributed by atoms with van der Waals surface area (Å²) in [4.78, 5) is 22.1. The van der Waals surface area contributed by atoms with Crippen LogP contribution in [0.5, 0.6) is 11.5 Å². The van der Waals surface area contributed by atoms with Crippen LogP contribution in [0.2, 0.25) is 0 Å². The molecule has 0 heterocycles. The zero-order chi connectivity index (χ0) is 29.3. The number of carbonyl (C=O) groups excluding carboxylic acids is 2. The minimum atomic E-state index is -0.410. The Labute approximate surface area is 243 Å². The van der Waals surface area contributed by atoms with Gasteiger partial charge >= 0.3 is 11.9 Å². The number of hydrogen-bond acceptors (Lipinski definition) is 6. The van der Waals surface area contributed by atoms with Crippen molar-refractivity contribution in [1.82, 2.24) is 0 Å². The fourth-order valence-corrected chi connectivity index (χ4v) is 4.23. The van der Waals surface area contributed by atoms with E-state index in [1.807, 2.05) is 24.3 Å². The highest BCUT2D eigenvalue weighted by Gasteiger charge is 2.05. The molecule has 0 radical (unpaired) electrons. The summed E-state index contributed by atoms with van der Waals surface area (Å²) >= 11 is 0. The molecule has 0 bridgehead atoms. The Hall–Kier alpha value is -4.32. The number of carbonyl (C=O) groups is 2. The standard InChI is InChI=1S/C35H40O6/c1-4-34(36)40-24-6-22-38-32-18-12-28(13-19-32)8-9-30-11-17-31(27(3)26-30)16-10-29-14-20-33(21-15-29)39-23-7-25-41-35(37)5-2/h4-5,11-15,17-21,26H,1-2,6-10,16,22-25H2,3H3. The van der Waals surface area contributed by atoms with E-state index in [1.54, 1.807) is 0 Å². The Morgan fingerprint density at radius 3 is 1.51 bits per heavy atom. The first-order chi connectivity index (χ1) is 20.0. The first-order valence-electron chi connectivity index (χ1n) is 14.1. The topological polar surface area (TPSA) is 71.1 Å². The largest absolute Gasteiger partial charge is 0.493 e. The molecule has 0 saturated heterocycles. The van der Waals surface area contributed by atoms with E-state index in [2.05, 4.69) is 62.5 Å². The summed E-state index contributed by atoms with van der Waals surface area (Å²) in [5.41, 5.74) is 6.55. The fourth-order valence-electron chi connectivity index (χ4n) is 4.23. The molecule has 0 spiro atoms. The maximum absolute atomic E-state index is 11.0. The van der Waals surface area contributed by atoms with Crippen LogP contribution in [0.15, 0.2) is 92.0 Å². The fraction of sp³-hybridized carbons (Fsp3) is 0.314. The summed E-state index contributed by atoms with van der Waals surface area (Å²) in [6.45, 7) is 10.6. The smallest absolute Gasteiger partial charge is 0.330 e. The van der Waals surface area contributed by atoms with Gasteiger partial charge in [-0.3, -0.25) is 0 Å². The Bertz CT molecular complexity index is 1260. The number of rotatable bonds is 18. The van der Waals surface area contributed by atoms with Gasteiger partial charge in [-0.15, -0.1) is 0 Å². The second-order valence-corrected chi connectivity index (χ2v) is 9.70. The Morgan fingerprint density at radius 1 is 0.610 bits per heavy atom. The second-order valence-electron chi connectivity index (χ2n) is 9.70. The first kappa shape index (κ1) is 31.2. The quantitative estimate of drug-likeness (QED) is 0.100. The molecule has 0 unspecified atom stereocenters. The molecule has 41 heavy (non-hydrogen) atoms. The van der Waals surface area contributed by atoms with E-state index < -0.39 is 11.9 Å². The summed E-state index contributed by atoms with van der Waals surface area (Å²) < 4.78 is 21.3. The molecule has 0 aliphatic heterocycles. The first-order valence-corrected chi connectivity index (χ1v) is 14.1. The zero-order valence-corrected chi connectivity index (χ0v) is 23.9. The van der Waals surface area contributed by atoms with Gasteiger partial charge in [0.15, 0.2) is 0 Å². The lowest BCUT2D eigenvalue weighted by atomic mass is 9.96. The van der Waals surface area contributed by atoms with Crippen LogP contribution in [-0.2, 0) is 44.7 Å². The number of esters is 2. The van der Waals surface area contributed by atoms with Crippen molar-refractivity contribution in [3.63, 3.8) is 0 Å². The third-order valence-electron chi connectivity index (χ3n) is 6.58.